The van der Waals surface area contributed by atoms with E-state index in [1.807, 2.05) is 38.4 Å². The third kappa shape index (κ3) is 3.07. The number of pyridine rings is 1. The largest absolute Gasteiger partial charge is 0.264 e. The summed E-state index contributed by atoms with van der Waals surface area (Å²) in [5.74, 6) is 0. The molecule has 2 rings (SSSR count). The topological polar surface area (TPSA) is 60.1 Å². The lowest BCUT2D eigenvalue weighted by atomic mass is 10.3. The lowest BCUT2D eigenvalue weighted by Gasteiger charge is -2.12. The van der Waals surface area contributed by atoms with Gasteiger partial charge in [0.05, 0.1) is 34.6 Å². The molecular weight excluding hydrogens is 260 g/mol. The predicted molar refractivity (Wildman–Crippen MR) is 78.7 cm³/mol. The number of hydrogen-bond acceptors (Lipinski definition) is 3. The number of aryl methyl sites for hydroxylation is 1. The molecule has 0 aliphatic heterocycles. The van der Waals surface area contributed by atoms with Crippen molar-refractivity contribution in [1.29, 1.82) is 0 Å². The second kappa shape index (κ2) is 5.21. The summed E-state index contributed by atoms with van der Waals surface area (Å²) in [6, 6.07) is 1.90. The summed E-state index contributed by atoms with van der Waals surface area (Å²) in [5.41, 5.74) is 1.69. The van der Waals surface area contributed by atoms with Crippen molar-refractivity contribution in [2.75, 3.05) is 0 Å². The highest BCUT2D eigenvalue weighted by molar-refractivity contribution is 7.85. The monoisotopic (exact) mass is 278 g/mol. The Balaban J connectivity index is 2.27. The molecule has 2 heterocycles. The smallest absolute Gasteiger partial charge is 0.144 e. The first-order chi connectivity index (χ1) is 8.91. The first kappa shape index (κ1) is 13.9. The molecule has 2 aromatic rings. The van der Waals surface area contributed by atoms with Crippen LogP contribution in [0, 0.1) is 0 Å². The van der Waals surface area contributed by atoms with Crippen molar-refractivity contribution in [3.63, 3.8) is 0 Å². The number of fused-ring (bicyclic) bond motifs is 1. The van der Waals surface area contributed by atoms with Gasteiger partial charge in [0.25, 0.3) is 0 Å². The van der Waals surface area contributed by atoms with Crippen molar-refractivity contribution in [1.82, 2.24) is 14.8 Å². The van der Waals surface area contributed by atoms with E-state index in [0.717, 1.165) is 17.4 Å². The molecule has 2 aromatic heterocycles. The summed E-state index contributed by atoms with van der Waals surface area (Å²) < 4.78 is 17.4. The maximum atomic E-state index is 11.8. The molecule has 0 aromatic carbocycles. The Bertz CT molecular complexity index is 640. The van der Waals surface area contributed by atoms with Gasteiger partial charge in [0.2, 0.25) is 0 Å². The van der Waals surface area contributed by atoms with Crippen LogP contribution in [0.25, 0.3) is 10.9 Å². The molecule has 102 valence electrons. The van der Waals surface area contributed by atoms with Crippen LogP contribution < -0.4 is 0 Å². The summed E-state index contributed by atoms with van der Waals surface area (Å²) in [6.07, 6.45) is 5.13. The van der Waals surface area contributed by atoms with Crippen LogP contribution in [0.1, 0.15) is 33.4 Å². The molecule has 0 amide bonds. The van der Waals surface area contributed by atoms with E-state index in [4.69, 9.17) is 0 Å². The normalized spacial score (nSPS) is 14.3. The molecule has 0 aliphatic rings. The fourth-order valence-corrected chi connectivity index (χ4v) is 2.10. The lowest BCUT2D eigenvalue weighted by Crippen LogP contribution is -2.19. The van der Waals surface area contributed by atoms with Gasteiger partial charge in [-0.2, -0.15) is 9.50 Å². The Morgan fingerprint density at radius 1 is 1.42 bits per heavy atom. The van der Waals surface area contributed by atoms with Gasteiger partial charge in [0.15, 0.2) is 0 Å². The Morgan fingerprint density at radius 3 is 2.79 bits per heavy atom. The molecule has 0 saturated carbocycles. The summed E-state index contributed by atoms with van der Waals surface area (Å²) in [6.45, 7) is 8.52. The maximum absolute atomic E-state index is 11.8. The van der Waals surface area contributed by atoms with Crippen molar-refractivity contribution in [3.8, 4) is 0 Å². The molecule has 5 nitrogen and oxygen atoms in total. The molecule has 0 radical (unpaired) electrons. The number of hydrogen-bond donors (Lipinski definition) is 0. The van der Waals surface area contributed by atoms with E-state index >= 15 is 0 Å². The summed E-state index contributed by atoms with van der Waals surface area (Å²) in [4.78, 5) is 4.30. The van der Waals surface area contributed by atoms with Crippen LogP contribution in [0.5, 0.6) is 0 Å². The van der Waals surface area contributed by atoms with Gasteiger partial charge in [-0.1, -0.05) is 0 Å². The number of nitrogens with zero attached hydrogens (tertiary/aromatic N) is 4. The van der Waals surface area contributed by atoms with E-state index in [1.54, 1.807) is 18.6 Å². The number of rotatable bonds is 3. The summed E-state index contributed by atoms with van der Waals surface area (Å²) >= 11 is 0. The van der Waals surface area contributed by atoms with Crippen LogP contribution in [0.15, 0.2) is 22.9 Å². The zero-order valence-electron chi connectivity index (χ0n) is 11.6. The van der Waals surface area contributed by atoms with E-state index in [-0.39, 0.29) is 4.75 Å². The zero-order chi connectivity index (χ0) is 14.0. The second-order valence-corrected chi connectivity index (χ2v) is 7.16. The molecule has 0 spiro atoms. The Kier molecular flexibility index (Phi) is 3.80. The van der Waals surface area contributed by atoms with Gasteiger partial charge >= 0.3 is 0 Å². The minimum absolute atomic E-state index is 0.353. The second-order valence-electron chi connectivity index (χ2n) is 5.22. The van der Waals surface area contributed by atoms with Crippen LogP contribution >= 0.6 is 0 Å². The molecule has 0 fully saturated rings. The standard InChI is InChI=1S/C13H18N4OS/c1-5-17-12-9-14-11(6-10(12)7-15-17)8-16-19(18)13(2,3)4/h6-9H,5H2,1-4H3/t19-/m1/s1. The van der Waals surface area contributed by atoms with Gasteiger partial charge in [-0.3, -0.25) is 9.67 Å². The Labute approximate surface area is 115 Å². The summed E-state index contributed by atoms with van der Waals surface area (Å²) in [5, 5.41) is 5.28. The van der Waals surface area contributed by atoms with Crippen molar-refractivity contribution >= 4 is 28.1 Å². The van der Waals surface area contributed by atoms with E-state index in [1.165, 1.54) is 0 Å². The third-order valence-electron chi connectivity index (χ3n) is 2.65. The van der Waals surface area contributed by atoms with Gasteiger partial charge in [0, 0.05) is 11.9 Å². The highest BCUT2D eigenvalue weighted by Gasteiger charge is 2.18. The molecule has 0 aliphatic carbocycles. The van der Waals surface area contributed by atoms with Crippen LogP contribution in [0.2, 0.25) is 0 Å². The molecule has 0 N–H and O–H groups in total. The fourth-order valence-electron chi connectivity index (χ4n) is 1.58. The van der Waals surface area contributed by atoms with Gasteiger partial charge in [-0.05, 0) is 33.8 Å². The highest BCUT2D eigenvalue weighted by atomic mass is 32.2. The first-order valence-electron chi connectivity index (χ1n) is 6.19. The predicted octanol–water partition coefficient (Wildman–Crippen LogP) is 2.33. The van der Waals surface area contributed by atoms with Gasteiger partial charge < -0.3 is 0 Å². The van der Waals surface area contributed by atoms with Crippen LogP contribution in [-0.4, -0.2) is 29.9 Å². The van der Waals surface area contributed by atoms with Crippen molar-refractivity contribution in [2.24, 2.45) is 4.40 Å². The molecule has 6 heteroatoms. The minimum atomic E-state index is -1.26. The Hall–Kier alpha value is -1.56. The highest BCUT2D eigenvalue weighted by Crippen LogP contribution is 2.14. The van der Waals surface area contributed by atoms with E-state index < -0.39 is 11.0 Å². The first-order valence-corrected chi connectivity index (χ1v) is 7.30. The van der Waals surface area contributed by atoms with Crippen LogP contribution in [-0.2, 0) is 17.5 Å². The van der Waals surface area contributed by atoms with Crippen molar-refractivity contribution < 1.29 is 4.21 Å². The molecule has 0 saturated heterocycles. The van der Waals surface area contributed by atoms with Crippen molar-refractivity contribution in [2.45, 2.75) is 39.0 Å². The molecular formula is C13H18N4OS. The SMILES string of the molecule is CCn1ncc2cc(C=N[S@](=O)C(C)(C)C)ncc21. The lowest BCUT2D eigenvalue weighted by molar-refractivity contribution is 0.651. The van der Waals surface area contributed by atoms with Gasteiger partial charge in [-0.15, -0.1) is 0 Å². The molecule has 0 unspecified atom stereocenters. The van der Waals surface area contributed by atoms with E-state index in [9.17, 15) is 4.21 Å². The van der Waals surface area contributed by atoms with E-state index in [2.05, 4.69) is 14.5 Å². The fraction of sp³-hybridized carbons (Fsp3) is 0.462. The third-order valence-corrected chi connectivity index (χ3v) is 4.00. The zero-order valence-corrected chi connectivity index (χ0v) is 12.4. The quantitative estimate of drug-likeness (QED) is 0.810. The molecule has 0 bridgehead atoms. The number of aromatic nitrogens is 3. The average molecular weight is 278 g/mol. The molecule has 19 heavy (non-hydrogen) atoms. The summed E-state index contributed by atoms with van der Waals surface area (Å²) in [7, 11) is -1.26. The van der Waals surface area contributed by atoms with Crippen molar-refractivity contribution in [3.05, 3.63) is 24.2 Å². The molecule has 1 atom stereocenters. The Morgan fingerprint density at radius 2 is 2.16 bits per heavy atom. The van der Waals surface area contributed by atoms with Crippen LogP contribution in [0.3, 0.4) is 0 Å². The van der Waals surface area contributed by atoms with Crippen LogP contribution in [0.4, 0.5) is 0 Å². The van der Waals surface area contributed by atoms with Gasteiger partial charge in [0.1, 0.15) is 11.0 Å². The van der Waals surface area contributed by atoms with Gasteiger partial charge in [-0.25, -0.2) is 4.21 Å². The average Bonchev–Trinajstić information content (AvgIpc) is 2.76. The maximum Gasteiger partial charge on any atom is 0.144 e. The minimum Gasteiger partial charge on any atom is -0.264 e. The van der Waals surface area contributed by atoms with E-state index in [0.29, 0.717) is 5.69 Å².